The van der Waals surface area contributed by atoms with E-state index in [1.807, 2.05) is 28.9 Å². The zero-order chi connectivity index (χ0) is 24.6. The van der Waals surface area contributed by atoms with Crippen LogP contribution in [0.4, 0.5) is 10.7 Å². The number of piperidine rings is 1. The normalized spacial score (nSPS) is 19.1. The molecule has 2 aliphatic heterocycles. The Kier molecular flexibility index (Phi) is 8.12. The van der Waals surface area contributed by atoms with Gasteiger partial charge < -0.3 is 15.1 Å². The van der Waals surface area contributed by atoms with Gasteiger partial charge in [-0.15, -0.1) is 0 Å². The van der Waals surface area contributed by atoms with E-state index in [0.717, 1.165) is 26.1 Å². The molecule has 0 aliphatic carbocycles. The lowest BCUT2D eigenvalue weighted by atomic mass is 9.93. The molecule has 2 amide bonds. The summed E-state index contributed by atoms with van der Waals surface area (Å²) in [5, 5.41) is 21.4. The molecule has 2 aliphatic rings. The summed E-state index contributed by atoms with van der Waals surface area (Å²) in [5.41, 5.74) is 1.71. The van der Waals surface area contributed by atoms with E-state index in [-0.39, 0.29) is 23.5 Å². The Morgan fingerprint density at radius 1 is 1.06 bits per heavy atom. The van der Waals surface area contributed by atoms with E-state index in [9.17, 15) is 4.79 Å². The second-order valence-corrected chi connectivity index (χ2v) is 9.38. The predicted octanol–water partition coefficient (Wildman–Crippen LogP) is 2.74. The van der Waals surface area contributed by atoms with Crippen LogP contribution in [0.3, 0.4) is 0 Å². The quantitative estimate of drug-likeness (QED) is 0.688. The van der Waals surface area contributed by atoms with E-state index in [0.29, 0.717) is 38.0 Å². The van der Waals surface area contributed by atoms with Gasteiger partial charge in [0.1, 0.15) is 23.5 Å². The molecule has 0 radical (unpaired) electrons. The Morgan fingerprint density at radius 3 is 2.37 bits per heavy atom. The molecule has 1 aromatic heterocycles. The van der Waals surface area contributed by atoms with E-state index in [4.69, 9.17) is 10.5 Å². The number of likely N-dealkylation sites (tertiary alicyclic amines) is 1. The van der Waals surface area contributed by atoms with Crippen molar-refractivity contribution in [1.82, 2.24) is 25.1 Å². The van der Waals surface area contributed by atoms with Crippen molar-refractivity contribution in [3.8, 4) is 12.1 Å². The van der Waals surface area contributed by atoms with Gasteiger partial charge in [0.15, 0.2) is 0 Å². The number of carbonyl (C=O) groups is 1. The van der Waals surface area contributed by atoms with Gasteiger partial charge >= 0.3 is 6.03 Å². The highest BCUT2D eigenvalue weighted by atomic mass is 16.2. The summed E-state index contributed by atoms with van der Waals surface area (Å²) < 4.78 is 0. The van der Waals surface area contributed by atoms with Gasteiger partial charge in [0.05, 0.1) is 0 Å². The fourth-order valence-electron chi connectivity index (χ4n) is 4.89. The molecule has 0 bridgehead atoms. The van der Waals surface area contributed by atoms with Gasteiger partial charge in [0.25, 0.3) is 0 Å². The van der Waals surface area contributed by atoms with Crippen LogP contribution < -0.4 is 10.2 Å². The van der Waals surface area contributed by atoms with Crippen LogP contribution in [-0.2, 0) is 6.54 Å². The van der Waals surface area contributed by atoms with Crippen LogP contribution in [0.15, 0.2) is 36.4 Å². The summed E-state index contributed by atoms with van der Waals surface area (Å²) in [6.45, 7) is 7.54. The van der Waals surface area contributed by atoms with Crippen LogP contribution in [0, 0.1) is 28.6 Å². The summed E-state index contributed by atoms with van der Waals surface area (Å²) in [4.78, 5) is 27.6. The molecular weight excluding hydrogens is 440 g/mol. The maximum absolute atomic E-state index is 12.8. The fraction of sp³-hybridized carbons (Fsp3) is 0.500. The van der Waals surface area contributed by atoms with Crippen molar-refractivity contribution < 1.29 is 4.79 Å². The van der Waals surface area contributed by atoms with Crippen molar-refractivity contribution in [2.75, 3.05) is 44.2 Å². The van der Waals surface area contributed by atoms with Gasteiger partial charge in [-0.3, -0.25) is 4.90 Å². The van der Waals surface area contributed by atoms with E-state index >= 15 is 0 Å². The number of nitriles is 2. The number of anilines is 1. The Bertz CT molecular complexity index is 1050. The second-order valence-electron chi connectivity index (χ2n) is 9.38. The van der Waals surface area contributed by atoms with E-state index in [1.54, 1.807) is 0 Å². The number of amides is 2. The monoisotopic (exact) mass is 472 g/mol. The Hall–Kier alpha value is -3.69. The molecule has 0 unspecified atom stereocenters. The maximum Gasteiger partial charge on any atom is 0.317 e. The molecule has 0 spiro atoms. The summed E-state index contributed by atoms with van der Waals surface area (Å²) in [6, 6.07) is 15.9. The highest BCUT2D eigenvalue weighted by Gasteiger charge is 2.29. The third-order valence-corrected chi connectivity index (χ3v) is 6.90. The molecule has 2 saturated heterocycles. The number of nitrogens with one attached hydrogen (secondary N) is 1. The third kappa shape index (κ3) is 6.46. The van der Waals surface area contributed by atoms with Crippen LogP contribution in [-0.4, -0.2) is 71.1 Å². The zero-order valence-corrected chi connectivity index (χ0v) is 20.2. The molecule has 1 aromatic carbocycles. The lowest BCUT2D eigenvalue weighted by Crippen LogP contribution is -2.57. The predicted molar refractivity (Wildman–Crippen MR) is 132 cm³/mol. The first kappa shape index (κ1) is 24.4. The number of hydrogen-bond donors (Lipinski definition) is 1. The van der Waals surface area contributed by atoms with Gasteiger partial charge in [0, 0.05) is 44.8 Å². The molecule has 182 valence electrons. The highest BCUT2D eigenvalue weighted by molar-refractivity contribution is 5.74. The molecule has 35 heavy (non-hydrogen) atoms. The lowest BCUT2D eigenvalue weighted by molar-refractivity contribution is 0.162. The average molecular weight is 473 g/mol. The minimum absolute atomic E-state index is 0.0372. The van der Waals surface area contributed by atoms with Crippen molar-refractivity contribution >= 4 is 12.0 Å². The molecule has 2 aromatic rings. The Balaban J connectivity index is 1.19. The van der Waals surface area contributed by atoms with Gasteiger partial charge in [-0.05, 0) is 50.8 Å². The molecule has 4 rings (SSSR count). The molecule has 0 saturated carbocycles. The van der Waals surface area contributed by atoms with Gasteiger partial charge in [-0.2, -0.15) is 10.5 Å². The third-order valence-electron chi connectivity index (χ3n) is 6.90. The Morgan fingerprint density at radius 2 is 1.74 bits per heavy atom. The highest BCUT2D eigenvalue weighted by Crippen LogP contribution is 2.22. The molecule has 9 heteroatoms. The first-order valence-corrected chi connectivity index (χ1v) is 12.3. The van der Waals surface area contributed by atoms with Gasteiger partial charge in [-0.1, -0.05) is 30.3 Å². The summed E-state index contributed by atoms with van der Waals surface area (Å²) >= 11 is 0. The van der Waals surface area contributed by atoms with Crippen LogP contribution in [0.2, 0.25) is 0 Å². The second kappa shape index (κ2) is 11.6. The molecule has 1 N–H and O–H groups in total. The molecule has 9 nitrogen and oxygen atoms in total. The van der Waals surface area contributed by atoms with Crippen LogP contribution in [0.5, 0.6) is 0 Å². The standard InChI is InChI=1S/C26H32N8O/c1-20-18-33(25-30-23(16-27)15-24(17-28)31-25)13-14-34(20)26(35)29-10-7-21-8-11-32(12-9-21)19-22-5-3-2-4-6-22/h2-6,15,20-21H,7-14,18-19H2,1H3,(H,29,35)/t20-/m1/s1. The van der Waals surface area contributed by atoms with Crippen LogP contribution >= 0.6 is 0 Å². The topological polar surface area (TPSA) is 112 Å². The first-order valence-electron chi connectivity index (χ1n) is 12.3. The van der Waals surface area contributed by atoms with Crippen molar-refractivity contribution in [2.24, 2.45) is 5.92 Å². The number of piperazine rings is 1. The van der Waals surface area contributed by atoms with Crippen molar-refractivity contribution in [1.29, 1.82) is 10.5 Å². The minimum Gasteiger partial charge on any atom is -0.338 e. The van der Waals surface area contributed by atoms with Gasteiger partial charge in [0.2, 0.25) is 5.95 Å². The molecule has 1 atom stereocenters. The minimum atomic E-state index is -0.0388. The zero-order valence-electron chi connectivity index (χ0n) is 20.2. The number of rotatable bonds is 6. The van der Waals surface area contributed by atoms with Crippen molar-refractivity contribution in [3.63, 3.8) is 0 Å². The van der Waals surface area contributed by atoms with Crippen LogP contribution in [0.25, 0.3) is 0 Å². The summed E-state index contributed by atoms with van der Waals surface area (Å²) in [5.74, 6) is 1.02. The van der Waals surface area contributed by atoms with Gasteiger partial charge in [-0.25, -0.2) is 14.8 Å². The number of carbonyl (C=O) groups excluding carboxylic acids is 1. The average Bonchev–Trinajstić information content (AvgIpc) is 2.89. The summed E-state index contributed by atoms with van der Waals surface area (Å²) in [6.07, 6.45) is 3.35. The molecular formula is C26H32N8O. The SMILES string of the molecule is C[C@@H]1CN(c2nc(C#N)cc(C#N)n2)CCN1C(=O)NCCC1CCN(Cc2ccccc2)CC1. The summed E-state index contributed by atoms with van der Waals surface area (Å²) in [7, 11) is 0. The number of nitrogens with zero attached hydrogens (tertiary/aromatic N) is 7. The number of benzene rings is 1. The largest absolute Gasteiger partial charge is 0.338 e. The fourth-order valence-corrected chi connectivity index (χ4v) is 4.89. The van der Waals surface area contributed by atoms with Crippen molar-refractivity contribution in [3.05, 3.63) is 53.3 Å². The van der Waals surface area contributed by atoms with E-state index in [2.05, 4.69) is 50.5 Å². The van der Waals surface area contributed by atoms with E-state index < -0.39 is 0 Å². The van der Waals surface area contributed by atoms with E-state index in [1.165, 1.54) is 24.5 Å². The van der Waals surface area contributed by atoms with Crippen molar-refractivity contribution in [2.45, 2.75) is 38.8 Å². The smallest absolute Gasteiger partial charge is 0.317 e. The molecule has 3 heterocycles. The lowest BCUT2D eigenvalue weighted by Gasteiger charge is -2.39. The number of urea groups is 1. The number of hydrogen-bond acceptors (Lipinski definition) is 7. The van der Waals surface area contributed by atoms with Crippen LogP contribution in [0.1, 0.15) is 43.1 Å². The molecule has 2 fully saturated rings. The Labute approximate surface area is 207 Å². The first-order chi connectivity index (χ1) is 17.1. The maximum atomic E-state index is 12.8. The number of aromatic nitrogens is 2.